The van der Waals surface area contributed by atoms with Gasteiger partial charge in [-0.25, -0.2) is 4.98 Å². The maximum Gasteiger partial charge on any atom is 0.573 e. The SMILES string of the molecule is FC(F)(F)Oc1ccccc1Nc1cc(C2CC2)nc(NC2CCCCC2)n1. The molecule has 2 fully saturated rings. The van der Waals surface area contributed by atoms with Crippen LogP contribution in [0.15, 0.2) is 30.3 Å². The number of benzene rings is 1. The van der Waals surface area contributed by atoms with Gasteiger partial charge in [-0.3, -0.25) is 0 Å². The summed E-state index contributed by atoms with van der Waals surface area (Å²) < 4.78 is 42.2. The van der Waals surface area contributed by atoms with Crippen molar-refractivity contribution in [3.8, 4) is 5.75 Å². The lowest BCUT2D eigenvalue weighted by molar-refractivity contribution is -0.274. The minimum atomic E-state index is -4.75. The zero-order valence-corrected chi connectivity index (χ0v) is 15.4. The molecular formula is C20H23F3N4O. The molecule has 2 aromatic rings. The van der Waals surface area contributed by atoms with Crippen LogP contribution in [-0.2, 0) is 0 Å². The van der Waals surface area contributed by atoms with E-state index >= 15 is 0 Å². The predicted molar refractivity (Wildman–Crippen MR) is 101 cm³/mol. The molecule has 0 atom stereocenters. The summed E-state index contributed by atoms with van der Waals surface area (Å²) in [4.78, 5) is 9.14. The van der Waals surface area contributed by atoms with Crippen molar-refractivity contribution in [3.63, 3.8) is 0 Å². The van der Waals surface area contributed by atoms with Gasteiger partial charge in [0.05, 0.1) is 11.4 Å². The van der Waals surface area contributed by atoms with Gasteiger partial charge < -0.3 is 15.4 Å². The van der Waals surface area contributed by atoms with Gasteiger partial charge in [0, 0.05) is 18.0 Å². The van der Waals surface area contributed by atoms with Gasteiger partial charge in [0.15, 0.2) is 5.75 Å². The molecule has 0 spiro atoms. The van der Waals surface area contributed by atoms with E-state index in [-0.39, 0.29) is 11.4 Å². The van der Waals surface area contributed by atoms with Gasteiger partial charge in [-0.05, 0) is 37.8 Å². The molecule has 2 aliphatic carbocycles. The van der Waals surface area contributed by atoms with Crippen LogP contribution >= 0.6 is 0 Å². The van der Waals surface area contributed by atoms with E-state index in [0.29, 0.717) is 23.7 Å². The molecule has 150 valence electrons. The van der Waals surface area contributed by atoms with Crippen molar-refractivity contribution in [2.75, 3.05) is 10.6 Å². The number of alkyl halides is 3. The molecule has 8 heteroatoms. The first-order chi connectivity index (χ1) is 13.5. The standard InChI is InChI=1S/C20H23F3N4O/c21-20(22,23)28-17-9-5-4-8-15(17)25-18-12-16(13-10-11-13)26-19(27-18)24-14-6-2-1-3-7-14/h4-5,8-9,12-14H,1-3,6-7,10-11H2,(H2,24,25,26,27). The number of ether oxygens (including phenoxy) is 1. The zero-order valence-electron chi connectivity index (χ0n) is 15.4. The van der Waals surface area contributed by atoms with E-state index in [2.05, 4.69) is 25.3 Å². The third-order valence-corrected chi connectivity index (χ3v) is 5.06. The lowest BCUT2D eigenvalue weighted by atomic mass is 9.96. The minimum Gasteiger partial charge on any atom is -0.404 e. The highest BCUT2D eigenvalue weighted by molar-refractivity contribution is 5.65. The Bertz CT molecular complexity index is 817. The number of halogens is 3. The van der Waals surface area contributed by atoms with Crippen molar-refractivity contribution < 1.29 is 17.9 Å². The highest BCUT2D eigenvalue weighted by Crippen LogP contribution is 2.40. The van der Waals surface area contributed by atoms with Gasteiger partial charge in [-0.1, -0.05) is 31.4 Å². The largest absolute Gasteiger partial charge is 0.573 e. The second kappa shape index (κ2) is 7.85. The van der Waals surface area contributed by atoms with Gasteiger partial charge in [0.25, 0.3) is 0 Å². The average molecular weight is 392 g/mol. The van der Waals surface area contributed by atoms with E-state index in [1.165, 1.54) is 37.5 Å². The fourth-order valence-electron chi connectivity index (χ4n) is 3.53. The van der Waals surface area contributed by atoms with E-state index in [1.54, 1.807) is 6.07 Å². The fraction of sp³-hybridized carbons (Fsp3) is 0.500. The van der Waals surface area contributed by atoms with Crippen molar-refractivity contribution in [3.05, 3.63) is 36.0 Å². The van der Waals surface area contributed by atoms with Gasteiger partial charge >= 0.3 is 6.36 Å². The van der Waals surface area contributed by atoms with Crippen LogP contribution in [0.2, 0.25) is 0 Å². The van der Waals surface area contributed by atoms with Crippen molar-refractivity contribution in [2.45, 2.75) is 63.3 Å². The monoisotopic (exact) mass is 392 g/mol. The molecule has 5 nitrogen and oxygen atoms in total. The molecule has 0 radical (unpaired) electrons. The van der Waals surface area contributed by atoms with Crippen LogP contribution in [0.1, 0.15) is 56.6 Å². The van der Waals surface area contributed by atoms with Crippen molar-refractivity contribution in [2.24, 2.45) is 0 Å². The lowest BCUT2D eigenvalue weighted by Gasteiger charge is -2.23. The first-order valence-electron chi connectivity index (χ1n) is 9.73. The zero-order chi connectivity index (χ0) is 19.6. The molecular weight excluding hydrogens is 369 g/mol. The van der Waals surface area contributed by atoms with Crippen molar-refractivity contribution in [1.29, 1.82) is 0 Å². The summed E-state index contributed by atoms with van der Waals surface area (Å²) in [5.41, 5.74) is 1.13. The number of nitrogens with one attached hydrogen (secondary N) is 2. The number of nitrogens with zero attached hydrogens (tertiary/aromatic N) is 2. The fourth-order valence-corrected chi connectivity index (χ4v) is 3.53. The van der Waals surface area contributed by atoms with Crippen LogP contribution in [0, 0.1) is 0 Å². The molecule has 1 aromatic heterocycles. The normalized spacial score (nSPS) is 18.0. The van der Waals surface area contributed by atoms with Crippen LogP contribution in [0.25, 0.3) is 0 Å². The first kappa shape index (κ1) is 18.8. The number of hydrogen-bond donors (Lipinski definition) is 2. The van der Waals surface area contributed by atoms with Crippen LogP contribution in [0.3, 0.4) is 0 Å². The Morgan fingerprint density at radius 1 is 0.964 bits per heavy atom. The molecule has 28 heavy (non-hydrogen) atoms. The second-order valence-corrected chi connectivity index (χ2v) is 7.42. The summed E-state index contributed by atoms with van der Waals surface area (Å²) in [5, 5.41) is 6.39. The third-order valence-electron chi connectivity index (χ3n) is 5.06. The molecule has 4 rings (SSSR count). The number of para-hydroxylation sites is 2. The molecule has 2 N–H and O–H groups in total. The number of hydrogen-bond acceptors (Lipinski definition) is 5. The topological polar surface area (TPSA) is 59.1 Å². The Labute approximate surface area is 161 Å². The lowest BCUT2D eigenvalue weighted by Crippen LogP contribution is -2.24. The van der Waals surface area contributed by atoms with E-state index in [0.717, 1.165) is 31.4 Å². The quantitative estimate of drug-likeness (QED) is 0.656. The van der Waals surface area contributed by atoms with Crippen LogP contribution in [0.4, 0.5) is 30.6 Å². The van der Waals surface area contributed by atoms with Crippen molar-refractivity contribution in [1.82, 2.24) is 9.97 Å². The average Bonchev–Trinajstić information content (AvgIpc) is 3.48. The van der Waals surface area contributed by atoms with E-state index < -0.39 is 6.36 Å². The molecule has 2 aliphatic rings. The molecule has 1 heterocycles. The summed E-state index contributed by atoms with van der Waals surface area (Å²) in [7, 11) is 0. The Hall–Kier alpha value is -2.51. The molecule has 0 saturated heterocycles. The van der Waals surface area contributed by atoms with E-state index in [4.69, 9.17) is 0 Å². The number of anilines is 3. The number of rotatable bonds is 6. The van der Waals surface area contributed by atoms with Crippen molar-refractivity contribution >= 4 is 17.5 Å². The summed E-state index contributed by atoms with van der Waals surface area (Å²) in [6, 6.07) is 8.12. The minimum absolute atomic E-state index is 0.212. The predicted octanol–water partition coefficient (Wildman–Crippen LogP) is 5.74. The maximum atomic E-state index is 12.7. The summed E-state index contributed by atoms with van der Waals surface area (Å²) >= 11 is 0. The Balaban J connectivity index is 1.57. The van der Waals surface area contributed by atoms with Gasteiger partial charge in [-0.15, -0.1) is 13.2 Å². The van der Waals surface area contributed by atoms with Gasteiger partial charge in [-0.2, -0.15) is 4.98 Å². The van der Waals surface area contributed by atoms with E-state index in [9.17, 15) is 13.2 Å². The molecule has 1 aromatic carbocycles. The van der Waals surface area contributed by atoms with Crippen LogP contribution < -0.4 is 15.4 Å². The van der Waals surface area contributed by atoms with Crippen LogP contribution in [-0.4, -0.2) is 22.4 Å². The molecule has 0 aliphatic heterocycles. The summed E-state index contributed by atoms with van der Waals surface area (Å²) in [6.07, 6.45) is 3.20. The molecule has 0 bridgehead atoms. The maximum absolute atomic E-state index is 12.7. The summed E-state index contributed by atoms with van der Waals surface area (Å²) in [6.45, 7) is 0. The Morgan fingerprint density at radius 2 is 1.71 bits per heavy atom. The van der Waals surface area contributed by atoms with Gasteiger partial charge in [0.2, 0.25) is 5.95 Å². The first-order valence-corrected chi connectivity index (χ1v) is 9.73. The summed E-state index contributed by atoms with van der Waals surface area (Å²) in [5.74, 6) is 1.11. The Kier molecular flexibility index (Phi) is 5.28. The second-order valence-electron chi connectivity index (χ2n) is 7.42. The molecule has 2 saturated carbocycles. The Morgan fingerprint density at radius 3 is 2.43 bits per heavy atom. The van der Waals surface area contributed by atoms with Gasteiger partial charge in [0.1, 0.15) is 5.82 Å². The number of aromatic nitrogens is 2. The smallest absolute Gasteiger partial charge is 0.404 e. The highest BCUT2D eigenvalue weighted by atomic mass is 19.4. The molecule has 0 unspecified atom stereocenters. The van der Waals surface area contributed by atoms with Crippen LogP contribution in [0.5, 0.6) is 5.75 Å². The third kappa shape index (κ3) is 5.05. The highest BCUT2D eigenvalue weighted by Gasteiger charge is 2.32. The van der Waals surface area contributed by atoms with E-state index in [1.807, 2.05) is 6.07 Å². The molecule has 0 amide bonds.